The van der Waals surface area contributed by atoms with Crippen molar-refractivity contribution in [2.75, 3.05) is 18.5 Å². The lowest BCUT2D eigenvalue weighted by molar-refractivity contribution is -0.384. The van der Waals surface area contributed by atoms with Crippen LogP contribution in [-0.4, -0.2) is 18.1 Å². The van der Waals surface area contributed by atoms with Crippen molar-refractivity contribution in [1.82, 2.24) is 0 Å². The molecule has 0 saturated carbocycles. The van der Waals surface area contributed by atoms with Crippen LogP contribution in [0.1, 0.15) is 56.9 Å². The van der Waals surface area contributed by atoms with Crippen LogP contribution in [0.25, 0.3) is 0 Å². The molecule has 2 rings (SSSR count). The first-order chi connectivity index (χ1) is 14.9. The van der Waals surface area contributed by atoms with Gasteiger partial charge in [0.2, 0.25) is 0 Å². The van der Waals surface area contributed by atoms with Crippen molar-refractivity contribution in [2.24, 2.45) is 0 Å². The van der Waals surface area contributed by atoms with Crippen LogP contribution in [-0.2, 0) is 13.6 Å². The summed E-state index contributed by atoms with van der Waals surface area (Å²) in [5.74, 6) is 5.45. The minimum absolute atomic E-state index is 0.0703. The second kappa shape index (κ2) is 12.3. The quantitative estimate of drug-likeness (QED) is 0.140. The molecule has 2 aromatic carbocycles. The molecule has 1 N–H and O–H groups in total. The molecule has 0 amide bonds. The Morgan fingerprint density at radius 2 is 1.81 bits per heavy atom. The standard InChI is InChI=1S/C23H29N2O5P/c1-4-7-8-9-13-19-14-10-11-17-22(19)23(31(28,29-5-2)30-6-3)24-20-15-12-16-21(18-20)25(26)27/h10-12,14-18,23-24H,4-8H2,1-3H3. The van der Waals surface area contributed by atoms with E-state index >= 15 is 0 Å². The molecule has 166 valence electrons. The Balaban J connectivity index is 2.55. The lowest BCUT2D eigenvalue weighted by atomic mass is 10.1. The van der Waals surface area contributed by atoms with Gasteiger partial charge in [0.25, 0.3) is 5.69 Å². The first kappa shape index (κ1) is 24.6. The Labute approximate surface area is 183 Å². The maximum atomic E-state index is 13.8. The van der Waals surface area contributed by atoms with Gasteiger partial charge in [-0.05, 0) is 32.4 Å². The van der Waals surface area contributed by atoms with Gasteiger partial charge >= 0.3 is 7.60 Å². The molecule has 7 nitrogen and oxygen atoms in total. The molecule has 1 atom stereocenters. The molecular formula is C23H29N2O5P. The molecule has 2 aromatic rings. The van der Waals surface area contributed by atoms with Crippen LogP contribution in [0, 0.1) is 22.0 Å². The number of rotatable bonds is 11. The highest BCUT2D eigenvalue weighted by Crippen LogP contribution is 2.61. The summed E-state index contributed by atoms with van der Waals surface area (Å²) in [6, 6.07) is 13.4. The third kappa shape index (κ3) is 6.93. The van der Waals surface area contributed by atoms with E-state index in [2.05, 4.69) is 24.1 Å². The number of hydrogen-bond donors (Lipinski definition) is 1. The number of nitro benzene ring substituents is 1. The molecule has 0 spiro atoms. The van der Waals surface area contributed by atoms with Gasteiger partial charge in [0.1, 0.15) is 0 Å². The Bertz CT molecular complexity index is 973. The molecule has 0 aliphatic heterocycles. The molecule has 8 heteroatoms. The second-order valence-electron chi connectivity index (χ2n) is 6.72. The highest BCUT2D eigenvalue weighted by atomic mass is 31.2. The van der Waals surface area contributed by atoms with Crippen molar-refractivity contribution in [3.63, 3.8) is 0 Å². The van der Waals surface area contributed by atoms with Gasteiger partial charge < -0.3 is 14.4 Å². The third-order valence-electron chi connectivity index (χ3n) is 4.43. The molecule has 0 saturated heterocycles. The zero-order chi connectivity index (χ0) is 22.7. The van der Waals surface area contributed by atoms with Gasteiger partial charge in [-0.25, -0.2) is 0 Å². The molecular weight excluding hydrogens is 415 g/mol. The molecule has 0 aliphatic carbocycles. The number of anilines is 1. The second-order valence-corrected chi connectivity index (χ2v) is 8.83. The topological polar surface area (TPSA) is 90.7 Å². The van der Waals surface area contributed by atoms with Crippen molar-refractivity contribution in [2.45, 2.75) is 45.8 Å². The molecule has 0 aromatic heterocycles. The van der Waals surface area contributed by atoms with Gasteiger partial charge in [-0.15, -0.1) is 0 Å². The summed E-state index contributed by atoms with van der Waals surface area (Å²) in [5, 5.41) is 14.3. The normalized spacial score (nSPS) is 12.0. The summed E-state index contributed by atoms with van der Waals surface area (Å²) in [6.07, 6.45) is 2.82. The van der Waals surface area contributed by atoms with Gasteiger partial charge in [-0.3, -0.25) is 14.7 Å². The number of non-ortho nitro benzene ring substituents is 1. The zero-order valence-corrected chi connectivity index (χ0v) is 19.1. The zero-order valence-electron chi connectivity index (χ0n) is 18.2. The van der Waals surface area contributed by atoms with Crippen molar-refractivity contribution in [3.8, 4) is 11.8 Å². The van der Waals surface area contributed by atoms with Crippen LogP contribution in [0.5, 0.6) is 0 Å². The Morgan fingerprint density at radius 1 is 1.10 bits per heavy atom. The smallest absolute Gasteiger partial charge is 0.357 e. The molecule has 1 unspecified atom stereocenters. The van der Waals surface area contributed by atoms with Gasteiger partial charge in [-0.1, -0.05) is 49.5 Å². The monoisotopic (exact) mass is 444 g/mol. The molecule has 0 heterocycles. The van der Waals surface area contributed by atoms with E-state index in [1.807, 2.05) is 24.3 Å². The fraction of sp³-hybridized carbons (Fsp3) is 0.391. The van der Waals surface area contributed by atoms with Crippen LogP contribution in [0.3, 0.4) is 0 Å². The Hall–Kier alpha value is -2.65. The summed E-state index contributed by atoms with van der Waals surface area (Å²) in [4.78, 5) is 10.7. The van der Waals surface area contributed by atoms with E-state index in [1.165, 1.54) is 12.1 Å². The van der Waals surface area contributed by atoms with Crippen LogP contribution in [0.2, 0.25) is 0 Å². The first-order valence-corrected chi connectivity index (χ1v) is 12.0. The van der Waals surface area contributed by atoms with Crippen LogP contribution < -0.4 is 5.32 Å². The van der Waals surface area contributed by atoms with E-state index in [4.69, 9.17) is 9.05 Å². The molecule has 0 bridgehead atoms. The van der Waals surface area contributed by atoms with E-state index in [9.17, 15) is 14.7 Å². The SMILES string of the molecule is CCCCC#Cc1ccccc1C(Nc1cccc([N+](=O)[O-])c1)P(=O)(OCC)OCC. The molecule has 0 aliphatic rings. The maximum absolute atomic E-state index is 13.8. The van der Waals surface area contributed by atoms with Crippen molar-refractivity contribution in [3.05, 3.63) is 69.8 Å². The van der Waals surface area contributed by atoms with Crippen molar-refractivity contribution < 1.29 is 18.5 Å². The average Bonchev–Trinajstić information content (AvgIpc) is 2.76. The largest absolute Gasteiger partial charge is 0.368 e. The molecule has 31 heavy (non-hydrogen) atoms. The predicted molar refractivity (Wildman–Crippen MR) is 123 cm³/mol. The Kier molecular flexibility index (Phi) is 9.74. The highest BCUT2D eigenvalue weighted by molar-refractivity contribution is 7.54. The van der Waals surface area contributed by atoms with Crippen LogP contribution >= 0.6 is 7.60 Å². The average molecular weight is 444 g/mol. The van der Waals surface area contributed by atoms with E-state index in [0.29, 0.717) is 16.8 Å². The van der Waals surface area contributed by atoms with Gasteiger partial charge in [0.05, 0.1) is 18.1 Å². The number of benzene rings is 2. The van der Waals surface area contributed by atoms with Gasteiger partial charge in [0.15, 0.2) is 5.78 Å². The minimum Gasteiger partial charge on any atom is -0.368 e. The third-order valence-corrected chi connectivity index (χ3v) is 6.70. The predicted octanol–water partition coefficient (Wildman–Crippen LogP) is 6.51. The molecule has 0 radical (unpaired) electrons. The number of unbranched alkanes of at least 4 members (excludes halogenated alkanes) is 2. The summed E-state index contributed by atoms with van der Waals surface area (Å²) in [6.45, 7) is 5.97. The fourth-order valence-electron chi connectivity index (χ4n) is 3.01. The van der Waals surface area contributed by atoms with E-state index in [1.54, 1.807) is 26.0 Å². The summed E-state index contributed by atoms with van der Waals surface area (Å²) in [7, 11) is -3.68. The van der Waals surface area contributed by atoms with E-state index < -0.39 is 18.3 Å². The van der Waals surface area contributed by atoms with Crippen LogP contribution in [0.4, 0.5) is 11.4 Å². The fourth-order valence-corrected chi connectivity index (χ4v) is 4.98. The first-order valence-electron chi connectivity index (χ1n) is 10.4. The van der Waals surface area contributed by atoms with Crippen molar-refractivity contribution in [1.29, 1.82) is 0 Å². The minimum atomic E-state index is -3.68. The van der Waals surface area contributed by atoms with E-state index in [0.717, 1.165) is 19.3 Å². The molecule has 0 fully saturated rings. The maximum Gasteiger partial charge on any atom is 0.357 e. The number of nitrogens with zero attached hydrogens (tertiary/aromatic N) is 1. The Morgan fingerprint density at radius 3 is 2.45 bits per heavy atom. The lowest BCUT2D eigenvalue weighted by Crippen LogP contribution is -2.16. The summed E-state index contributed by atoms with van der Waals surface area (Å²) in [5.41, 5.74) is 1.73. The van der Waals surface area contributed by atoms with Gasteiger partial charge in [-0.2, -0.15) is 0 Å². The number of nitrogens with one attached hydrogen (secondary N) is 1. The summed E-state index contributed by atoms with van der Waals surface area (Å²) < 4.78 is 25.0. The van der Waals surface area contributed by atoms with E-state index in [-0.39, 0.29) is 18.9 Å². The van der Waals surface area contributed by atoms with Gasteiger partial charge in [0, 0.05) is 35.4 Å². The highest BCUT2D eigenvalue weighted by Gasteiger charge is 2.38. The van der Waals surface area contributed by atoms with Crippen LogP contribution in [0.15, 0.2) is 48.5 Å². The number of nitro groups is 1. The summed E-state index contributed by atoms with van der Waals surface area (Å²) >= 11 is 0. The lowest BCUT2D eigenvalue weighted by Gasteiger charge is -2.29. The number of hydrogen-bond acceptors (Lipinski definition) is 6. The van der Waals surface area contributed by atoms with Crippen molar-refractivity contribution >= 4 is 19.0 Å².